The summed E-state index contributed by atoms with van der Waals surface area (Å²) in [5.74, 6) is 0.855. The van der Waals surface area contributed by atoms with Crippen LogP contribution in [-0.2, 0) is 22.6 Å². The number of fused-ring (bicyclic) bond motifs is 3. The third kappa shape index (κ3) is 3.71. The molecule has 0 saturated carbocycles. The van der Waals surface area contributed by atoms with E-state index < -0.39 is 0 Å². The molecule has 2 aromatic rings. The van der Waals surface area contributed by atoms with Crippen LogP contribution in [-0.4, -0.2) is 41.3 Å². The number of hydrogen-bond acceptors (Lipinski definition) is 4. The molecule has 0 saturated heterocycles. The van der Waals surface area contributed by atoms with Crippen LogP contribution in [0.1, 0.15) is 36.5 Å². The van der Waals surface area contributed by atoms with Gasteiger partial charge >= 0.3 is 0 Å². The van der Waals surface area contributed by atoms with Crippen molar-refractivity contribution in [1.82, 2.24) is 14.9 Å². The summed E-state index contributed by atoms with van der Waals surface area (Å²) >= 11 is 0. The Labute approximate surface area is 135 Å². The fourth-order valence-electron chi connectivity index (χ4n) is 2.70. The number of rotatable bonds is 6. The maximum absolute atomic E-state index is 12.2. The summed E-state index contributed by atoms with van der Waals surface area (Å²) in [5, 5.41) is 2.92. The highest BCUT2D eigenvalue weighted by atomic mass is 16.5. The Balaban J connectivity index is 1.62. The van der Waals surface area contributed by atoms with E-state index in [-0.39, 0.29) is 12.0 Å². The number of carbonyl (C=O) groups is 1. The highest BCUT2D eigenvalue weighted by molar-refractivity contribution is 5.97. The quantitative estimate of drug-likeness (QED) is 0.829. The summed E-state index contributed by atoms with van der Waals surface area (Å²) < 4.78 is 13.0. The van der Waals surface area contributed by atoms with E-state index in [9.17, 15) is 4.79 Å². The van der Waals surface area contributed by atoms with Gasteiger partial charge in [0.2, 0.25) is 0 Å². The molecular formula is C17H23N3O3. The number of nitrogens with zero attached hydrogens (tertiary/aromatic N) is 2. The van der Waals surface area contributed by atoms with E-state index in [1.165, 1.54) is 0 Å². The van der Waals surface area contributed by atoms with E-state index in [4.69, 9.17) is 9.47 Å². The number of imidazole rings is 1. The van der Waals surface area contributed by atoms with Crippen molar-refractivity contribution >= 4 is 16.9 Å². The van der Waals surface area contributed by atoms with E-state index >= 15 is 0 Å². The molecule has 1 N–H and O–H groups in total. The molecule has 2 heterocycles. The van der Waals surface area contributed by atoms with E-state index in [2.05, 4.69) is 14.9 Å². The van der Waals surface area contributed by atoms with Crippen molar-refractivity contribution < 1.29 is 14.3 Å². The molecule has 0 unspecified atom stereocenters. The van der Waals surface area contributed by atoms with Crippen LogP contribution in [0.2, 0.25) is 0 Å². The zero-order valence-corrected chi connectivity index (χ0v) is 13.7. The number of benzene rings is 1. The van der Waals surface area contributed by atoms with Crippen molar-refractivity contribution in [3.05, 3.63) is 29.6 Å². The molecule has 0 fully saturated rings. The second kappa shape index (κ2) is 7.10. The first kappa shape index (κ1) is 16.0. The summed E-state index contributed by atoms with van der Waals surface area (Å²) in [6, 6.07) is 5.67. The Hall–Kier alpha value is -1.92. The fraction of sp³-hybridized carbons (Fsp3) is 0.529. The molecule has 124 valence electrons. The minimum absolute atomic E-state index is 0.0707. The van der Waals surface area contributed by atoms with Gasteiger partial charge in [0.1, 0.15) is 12.4 Å². The van der Waals surface area contributed by atoms with Crippen molar-refractivity contribution in [2.45, 2.75) is 39.5 Å². The summed E-state index contributed by atoms with van der Waals surface area (Å²) in [7, 11) is 0. The summed E-state index contributed by atoms with van der Waals surface area (Å²) in [5.41, 5.74) is 2.55. The Morgan fingerprint density at radius 1 is 1.48 bits per heavy atom. The number of hydrogen-bond donors (Lipinski definition) is 1. The second-order valence-electron chi connectivity index (χ2n) is 5.96. The lowest BCUT2D eigenvalue weighted by molar-refractivity contribution is 0.0757. The van der Waals surface area contributed by atoms with Crippen LogP contribution in [0.4, 0.5) is 0 Å². The predicted molar refractivity (Wildman–Crippen MR) is 87.4 cm³/mol. The molecule has 0 atom stereocenters. The molecular weight excluding hydrogens is 294 g/mol. The molecule has 1 amide bonds. The van der Waals surface area contributed by atoms with E-state index in [1.807, 2.05) is 32.0 Å². The van der Waals surface area contributed by atoms with Crippen LogP contribution in [0.15, 0.2) is 18.2 Å². The Kier molecular flexibility index (Phi) is 4.93. The maximum Gasteiger partial charge on any atom is 0.251 e. The normalized spacial score (nSPS) is 14.2. The summed E-state index contributed by atoms with van der Waals surface area (Å²) in [4.78, 5) is 16.8. The van der Waals surface area contributed by atoms with Gasteiger partial charge in [0.25, 0.3) is 5.91 Å². The Morgan fingerprint density at radius 3 is 3.17 bits per heavy atom. The van der Waals surface area contributed by atoms with E-state index in [1.54, 1.807) is 0 Å². The molecule has 0 radical (unpaired) electrons. The number of aromatic nitrogens is 2. The van der Waals surface area contributed by atoms with Gasteiger partial charge in [-0.25, -0.2) is 4.98 Å². The van der Waals surface area contributed by atoms with Crippen molar-refractivity contribution in [3.8, 4) is 0 Å². The monoisotopic (exact) mass is 317 g/mol. The van der Waals surface area contributed by atoms with Crippen LogP contribution >= 0.6 is 0 Å². The average molecular weight is 317 g/mol. The van der Waals surface area contributed by atoms with Crippen LogP contribution in [0.3, 0.4) is 0 Å². The van der Waals surface area contributed by atoms with Crippen molar-refractivity contribution in [1.29, 1.82) is 0 Å². The van der Waals surface area contributed by atoms with Gasteiger partial charge in [-0.05, 0) is 38.5 Å². The standard InChI is InChI=1S/C17H23N3O3/c1-12(2)23-8-3-6-18-17(21)13-4-5-15-14(10-13)19-16-11-22-9-7-20(15)16/h4-5,10,12H,3,6-9,11H2,1-2H3,(H,18,21). The first-order valence-corrected chi connectivity index (χ1v) is 8.12. The largest absolute Gasteiger partial charge is 0.379 e. The zero-order chi connectivity index (χ0) is 16.2. The minimum atomic E-state index is -0.0707. The highest BCUT2D eigenvalue weighted by Crippen LogP contribution is 2.20. The van der Waals surface area contributed by atoms with Crippen LogP contribution < -0.4 is 5.32 Å². The number of nitrogens with one attached hydrogen (secondary N) is 1. The van der Waals surface area contributed by atoms with Crippen molar-refractivity contribution in [2.75, 3.05) is 19.8 Å². The minimum Gasteiger partial charge on any atom is -0.379 e. The number of ether oxygens (including phenoxy) is 2. The molecule has 1 aliphatic heterocycles. The molecule has 0 spiro atoms. The summed E-state index contributed by atoms with van der Waals surface area (Å²) in [6.07, 6.45) is 1.03. The van der Waals surface area contributed by atoms with Crippen molar-refractivity contribution in [2.24, 2.45) is 0 Å². The predicted octanol–water partition coefficient (Wildman–Crippen LogP) is 2.11. The molecule has 0 bridgehead atoms. The van der Waals surface area contributed by atoms with Crippen LogP contribution in [0.5, 0.6) is 0 Å². The van der Waals surface area contributed by atoms with Gasteiger partial charge in [-0.15, -0.1) is 0 Å². The van der Waals surface area contributed by atoms with Gasteiger partial charge in [-0.3, -0.25) is 4.79 Å². The van der Waals surface area contributed by atoms with E-state index in [0.717, 1.165) is 29.8 Å². The van der Waals surface area contributed by atoms with Gasteiger partial charge in [-0.2, -0.15) is 0 Å². The van der Waals surface area contributed by atoms with Gasteiger partial charge in [0, 0.05) is 25.3 Å². The molecule has 1 aromatic heterocycles. The molecule has 23 heavy (non-hydrogen) atoms. The third-order valence-corrected chi connectivity index (χ3v) is 3.84. The Morgan fingerprint density at radius 2 is 2.35 bits per heavy atom. The highest BCUT2D eigenvalue weighted by Gasteiger charge is 2.16. The SMILES string of the molecule is CC(C)OCCCNC(=O)c1ccc2c(c1)nc1n2CCOC1. The van der Waals surface area contributed by atoms with Gasteiger partial charge < -0.3 is 19.4 Å². The first-order chi connectivity index (χ1) is 11.1. The van der Waals surface area contributed by atoms with Crippen molar-refractivity contribution in [3.63, 3.8) is 0 Å². The molecule has 6 nitrogen and oxygen atoms in total. The maximum atomic E-state index is 12.2. The molecule has 1 aromatic carbocycles. The van der Waals surface area contributed by atoms with Crippen LogP contribution in [0, 0.1) is 0 Å². The molecule has 3 rings (SSSR count). The third-order valence-electron chi connectivity index (χ3n) is 3.84. The van der Waals surface area contributed by atoms with Gasteiger partial charge in [0.15, 0.2) is 0 Å². The molecule has 6 heteroatoms. The topological polar surface area (TPSA) is 65.4 Å². The number of carbonyl (C=O) groups excluding carboxylic acids is 1. The lowest BCUT2D eigenvalue weighted by Gasteiger charge is -2.14. The van der Waals surface area contributed by atoms with Crippen LogP contribution in [0.25, 0.3) is 11.0 Å². The van der Waals surface area contributed by atoms with Gasteiger partial charge in [-0.1, -0.05) is 0 Å². The molecule has 0 aliphatic carbocycles. The fourth-order valence-corrected chi connectivity index (χ4v) is 2.70. The average Bonchev–Trinajstić information content (AvgIpc) is 2.91. The molecule has 1 aliphatic rings. The second-order valence-corrected chi connectivity index (χ2v) is 5.96. The zero-order valence-electron chi connectivity index (χ0n) is 13.7. The lowest BCUT2D eigenvalue weighted by Crippen LogP contribution is -2.25. The first-order valence-electron chi connectivity index (χ1n) is 8.12. The van der Waals surface area contributed by atoms with E-state index in [0.29, 0.717) is 31.9 Å². The number of amides is 1. The summed E-state index contributed by atoms with van der Waals surface area (Å²) in [6.45, 7) is 7.33. The smallest absolute Gasteiger partial charge is 0.251 e. The Bertz CT molecular complexity index is 694. The van der Waals surface area contributed by atoms with Gasteiger partial charge in [0.05, 0.1) is 23.7 Å². The lowest BCUT2D eigenvalue weighted by atomic mass is 10.2.